The Balaban J connectivity index is 1.96. The number of nitrogens with zero attached hydrogens (tertiary/aromatic N) is 2. The fraction of sp³-hybridized carbons (Fsp3) is 0.583. The summed E-state index contributed by atoms with van der Waals surface area (Å²) >= 11 is 0. The first-order valence-electron chi connectivity index (χ1n) is 6.12. The van der Waals surface area contributed by atoms with E-state index in [1.54, 1.807) is 13.0 Å². The Morgan fingerprint density at radius 3 is 3.17 bits per heavy atom. The number of aromatic nitrogens is 1. The van der Waals surface area contributed by atoms with E-state index < -0.39 is 4.92 Å². The van der Waals surface area contributed by atoms with Crippen molar-refractivity contribution in [2.24, 2.45) is 5.92 Å². The normalized spacial score (nSPS) is 18.8. The molecule has 0 aromatic carbocycles. The van der Waals surface area contributed by atoms with E-state index >= 15 is 0 Å². The van der Waals surface area contributed by atoms with Crippen LogP contribution in [0.25, 0.3) is 0 Å². The van der Waals surface area contributed by atoms with Crippen molar-refractivity contribution in [2.45, 2.75) is 19.8 Å². The molecule has 0 saturated carbocycles. The van der Waals surface area contributed by atoms with Gasteiger partial charge in [-0.2, -0.15) is 0 Å². The second kappa shape index (κ2) is 5.77. The van der Waals surface area contributed by atoms with Gasteiger partial charge < -0.3 is 10.1 Å². The summed E-state index contributed by atoms with van der Waals surface area (Å²) in [6.07, 6.45) is 3.58. The second-order valence-electron chi connectivity index (χ2n) is 4.53. The van der Waals surface area contributed by atoms with Gasteiger partial charge >= 0.3 is 5.69 Å². The summed E-state index contributed by atoms with van der Waals surface area (Å²) in [6.45, 7) is 4.22. The van der Waals surface area contributed by atoms with E-state index in [4.69, 9.17) is 4.74 Å². The number of hydrogen-bond acceptors (Lipinski definition) is 5. The molecule has 1 aromatic rings. The molecule has 1 atom stereocenters. The van der Waals surface area contributed by atoms with Gasteiger partial charge in [0.05, 0.1) is 11.5 Å². The van der Waals surface area contributed by atoms with Crippen LogP contribution in [0.5, 0.6) is 5.88 Å². The quantitative estimate of drug-likeness (QED) is 0.636. The first kappa shape index (κ1) is 12.8. The highest BCUT2D eigenvalue weighted by atomic mass is 16.6. The maximum absolute atomic E-state index is 10.9. The van der Waals surface area contributed by atoms with Crippen LogP contribution in [0.3, 0.4) is 0 Å². The van der Waals surface area contributed by atoms with Gasteiger partial charge in [0, 0.05) is 11.8 Å². The van der Waals surface area contributed by atoms with Gasteiger partial charge in [0.15, 0.2) is 0 Å². The van der Waals surface area contributed by atoms with Crippen molar-refractivity contribution in [1.82, 2.24) is 10.3 Å². The van der Waals surface area contributed by atoms with Crippen LogP contribution in [-0.4, -0.2) is 29.6 Å². The van der Waals surface area contributed by atoms with Gasteiger partial charge in [-0.25, -0.2) is 4.98 Å². The fourth-order valence-electron chi connectivity index (χ4n) is 2.14. The molecule has 0 spiro atoms. The minimum atomic E-state index is -0.436. The lowest BCUT2D eigenvalue weighted by atomic mass is 10.1. The van der Waals surface area contributed by atoms with Crippen molar-refractivity contribution in [1.29, 1.82) is 0 Å². The number of hydrogen-bond donors (Lipinski definition) is 1. The molecule has 6 heteroatoms. The van der Waals surface area contributed by atoms with Crippen LogP contribution in [0, 0.1) is 23.0 Å². The van der Waals surface area contributed by atoms with E-state index in [0.29, 0.717) is 18.1 Å². The molecule has 1 aliphatic heterocycles. The van der Waals surface area contributed by atoms with E-state index in [9.17, 15) is 10.1 Å². The summed E-state index contributed by atoms with van der Waals surface area (Å²) in [5.41, 5.74) is 0.551. The van der Waals surface area contributed by atoms with Crippen molar-refractivity contribution in [3.8, 4) is 5.88 Å². The molecule has 1 saturated heterocycles. The Morgan fingerprint density at radius 2 is 2.50 bits per heavy atom. The first-order chi connectivity index (χ1) is 8.68. The van der Waals surface area contributed by atoms with Crippen molar-refractivity contribution < 1.29 is 9.66 Å². The van der Waals surface area contributed by atoms with Gasteiger partial charge in [0.2, 0.25) is 0 Å². The van der Waals surface area contributed by atoms with Crippen LogP contribution in [0.2, 0.25) is 0 Å². The zero-order chi connectivity index (χ0) is 13.0. The lowest BCUT2D eigenvalue weighted by molar-refractivity contribution is -0.386. The Hall–Kier alpha value is -1.69. The van der Waals surface area contributed by atoms with Gasteiger partial charge in [-0.05, 0) is 44.8 Å². The molecule has 1 unspecified atom stereocenters. The zero-order valence-electron chi connectivity index (χ0n) is 10.4. The summed E-state index contributed by atoms with van der Waals surface area (Å²) in [6, 6.07) is 1.62. The summed E-state index contributed by atoms with van der Waals surface area (Å²) in [5.74, 6) is 0.736. The number of pyridine rings is 1. The SMILES string of the molecule is Cc1ccnc(OCCC2CCNC2)c1[N+](=O)[O-]. The highest BCUT2D eigenvalue weighted by Gasteiger charge is 2.21. The van der Waals surface area contributed by atoms with Crippen molar-refractivity contribution in [3.05, 3.63) is 27.9 Å². The van der Waals surface area contributed by atoms with Gasteiger partial charge in [-0.15, -0.1) is 0 Å². The zero-order valence-corrected chi connectivity index (χ0v) is 10.4. The average Bonchev–Trinajstić information content (AvgIpc) is 2.81. The van der Waals surface area contributed by atoms with Gasteiger partial charge in [-0.1, -0.05) is 0 Å². The molecule has 0 amide bonds. The van der Waals surface area contributed by atoms with Gasteiger partial charge in [0.1, 0.15) is 0 Å². The Kier molecular flexibility index (Phi) is 4.09. The summed E-state index contributed by atoms with van der Waals surface area (Å²) in [4.78, 5) is 14.4. The summed E-state index contributed by atoms with van der Waals surface area (Å²) in [5, 5.41) is 14.2. The van der Waals surface area contributed by atoms with Gasteiger partial charge in [-0.3, -0.25) is 10.1 Å². The molecule has 18 heavy (non-hydrogen) atoms. The molecule has 6 nitrogen and oxygen atoms in total. The number of rotatable bonds is 5. The highest BCUT2D eigenvalue weighted by molar-refractivity contribution is 5.47. The monoisotopic (exact) mass is 251 g/mol. The third kappa shape index (κ3) is 2.95. The molecule has 1 aromatic heterocycles. The molecular formula is C12H17N3O3. The standard InChI is InChI=1S/C12H17N3O3/c1-9-2-6-14-12(11(9)15(16)17)18-7-4-10-3-5-13-8-10/h2,6,10,13H,3-5,7-8H2,1H3. The molecule has 0 bridgehead atoms. The molecule has 98 valence electrons. The molecule has 1 fully saturated rings. The average molecular weight is 251 g/mol. The summed E-state index contributed by atoms with van der Waals surface area (Å²) < 4.78 is 5.46. The maximum atomic E-state index is 10.9. The van der Waals surface area contributed by atoms with Crippen LogP contribution >= 0.6 is 0 Å². The van der Waals surface area contributed by atoms with Crippen molar-refractivity contribution in [3.63, 3.8) is 0 Å². The Labute approximate surface area is 106 Å². The largest absolute Gasteiger partial charge is 0.473 e. The van der Waals surface area contributed by atoms with Crippen LogP contribution in [-0.2, 0) is 0 Å². The van der Waals surface area contributed by atoms with E-state index in [2.05, 4.69) is 10.3 Å². The lowest BCUT2D eigenvalue weighted by Crippen LogP contribution is -2.12. The topological polar surface area (TPSA) is 77.3 Å². The van der Waals surface area contributed by atoms with Crippen LogP contribution in [0.1, 0.15) is 18.4 Å². The third-order valence-corrected chi connectivity index (χ3v) is 3.20. The van der Waals surface area contributed by atoms with E-state index in [0.717, 1.165) is 25.9 Å². The minimum absolute atomic E-state index is 0.0259. The molecule has 2 rings (SSSR count). The van der Waals surface area contributed by atoms with Crippen molar-refractivity contribution in [2.75, 3.05) is 19.7 Å². The third-order valence-electron chi connectivity index (χ3n) is 3.20. The lowest BCUT2D eigenvalue weighted by Gasteiger charge is -2.09. The van der Waals surface area contributed by atoms with E-state index in [1.807, 2.05) is 0 Å². The molecule has 0 aliphatic carbocycles. The molecule has 1 N–H and O–H groups in total. The number of ether oxygens (including phenoxy) is 1. The second-order valence-corrected chi connectivity index (χ2v) is 4.53. The molecule has 0 radical (unpaired) electrons. The Morgan fingerprint density at radius 1 is 1.67 bits per heavy atom. The van der Waals surface area contributed by atoms with Crippen molar-refractivity contribution >= 4 is 5.69 Å². The number of nitro groups is 1. The first-order valence-corrected chi connectivity index (χ1v) is 6.12. The maximum Gasteiger partial charge on any atom is 0.333 e. The van der Waals surface area contributed by atoms with Crippen LogP contribution in [0.4, 0.5) is 5.69 Å². The summed E-state index contributed by atoms with van der Waals surface area (Å²) in [7, 11) is 0. The number of aryl methyl sites for hydroxylation is 1. The minimum Gasteiger partial charge on any atom is -0.473 e. The Bertz CT molecular complexity index is 431. The van der Waals surface area contributed by atoms with E-state index in [1.165, 1.54) is 6.20 Å². The van der Waals surface area contributed by atoms with Crippen LogP contribution in [0.15, 0.2) is 12.3 Å². The molecule has 2 heterocycles. The number of nitrogens with one attached hydrogen (secondary N) is 1. The highest BCUT2D eigenvalue weighted by Crippen LogP contribution is 2.27. The molecular weight excluding hydrogens is 234 g/mol. The predicted molar refractivity (Wildman–Crippen MR) is 66.7 cm³/mol. The fourth-order valence-corrected chi connectivity index (χ4v) is 2.14. The van der Waals surface area contributed by atoms with Crippen LogP contribution < -0.4 is 10.1 Å². The van der Waals surface area contributed by atoms with Gasteiger partial charge in [0.25, 0.3) is 5.88 Å². The molecule has 1 aliphatic rings. The predicted octanol–water partition coefficient (Wildman–Crippen LogP) is 1.68. The smallest absolute Gasteiger partial charge is 0.333 e. The van der Waals surface area contributed by atoms with E-state index in [-0.39, 0.29) is 11.6 Å².